The van der Waals surface area contributed by atoms with Crippen LogP contribution < -0.4 is 0 Å². The van der Waals surface area contributed by atoms with Crippen molar-refractivity contribution < 1.29 is 5.11 Å². The van der Waals surface area contributed by atoms with Crippen LogP contribution in [0.2, 0.25) is 0 Å². The molecule has 0 unspecified atom stereocenters. The molecule has 1 nitrogen and oxygen atoms in total. The summed E-state index contributed by atoms with van der Waals surface area (Å²) in [5.41, 5.74) is 4.24. The molecule has 1 fully saturated rings. The molecule has 1 heteroatoms. The van der Waals surface area contributed by atoms with E-state index in [-0.39, 0.29) is 5.41 Å². The molecule has 1 aromatic rings. The lowest BCUT2D eigenvalue weighted by Crippen LogP contribution is -2.33. The molecule has 0 saturated heterocycles. The zero-order valence-electron chi connectivity index (χ0n) is 14.1. The van der Waals surface area contributed by atoms with Gasteiger partial charge >= 0.3 is 0 Å². The monoisotopic (exact) mass is 288 g/mol. The lowest BCUT2D eigenvalue weighted by molar-refractivity contribution is 0.0620. The van der Waals surface area contributed by atoms with Gasteiger partial charge in [-0.05, 0) is 62.8 Å². The number of unbranched alkanes of at least 4 members (excludes halogenated alkanes) is 1. The number of aliphatic hydroxyl groups excluding tert-OH is 1. The zero-order chi connectivity index (χ0) is 15.3. The van der Waals surface area contributed by atoms with Gasteiger partial charge in [-0.2, -0.15) is 0 Å². The Bertz CT molecular complexity index is 421. The van der Waals surface area contributed by atoms with Crippen molar-refractivity contribution >= 4 is 0 Å². The lowest BCUT2D eigenvalue weighted by Gasteiger charge is -2.39. The first-order valence-corrected chi connectivity index (χ1v) is 8.75. The Morgan fingerprint density at radius 1 is 1.10 bits per heavy atom. The number of aliphatic hydroxyl groups is 1. The summed E-state index contributed by atoms with van der Waals surface area (Å²) in [5, 5.41) is 10.0. The Balaban J connectivity index is 1.99. The van der Waals surface area contributed by atoms with E-state index in [0.29, 0.717) is 6.61 Å². The number of hydrogen-bond acceptors (Lipinski definition) is 1. The van der Waals surface area contributed by atoms with E-state index in [0.717, 1.165) is 12.3 Å². The largest absolute Gasteiger partial charge is 0.396 e. The fraction of sp³-hybridized carbons (Fsp3) is 0.700. The van der Waals surface area contributed by atoms with Crippen molar-refractivity contribution in [2.45, 2.75) is 72.1 Å². The maximum Gasteiger partial charge on any atom is 0.0490 e. The van der Waals surface area contributed by atoms with Gasteiger partial charge in [0, 0.05) is 6.61 Å². The van der Waals surface area contributed by atoms with Crippen LogP contribution in [0.5, 0.6) is 0 Å². The predicted molar refractivity (Wildman–Crippen MR) is 90.6 cm³/mol. The van der Waals surface area contributed by atoms with Crippen molar-refractivity contribution in [3.05, 3.63) is 34.9 Å². The van der Waals surface area contributed by atoms with Gasteiger partial charge in [0.05, 0.1) is 0 Å². The smallest absolute Gasteiger partial charge is 0.0490 e. The Labute approximate surface area is 130 Å². The average Bonchev–Trinajstić information content (AvgIpc) is 2.45. The van der Waals surface area contributed by atoms with Crippen molar-refractivity contribution in [3.8, 4) is 0 Å². The molecular weight excluding hydrogens is 256 g/mol. The summed E-state index contributed by atoms with van der Waals surface area (Å²) < 4.78 is 0. The summed E-state index contributed by atoms with van der Waals surface area (Å²) in [6.07, 6.45) is 10.1. The molecule has 2 rings (SSSR count). The molecule has 21 heavy (non-hydrogen) atoms. The van der Waals surface area contributed by atoms with E-state index < -0.39 is 0 Å². The third kappa shape index (κ3) is 4.57. The second-order valence-corrected chi connectivity index (χ2v) is 7.42. The quantitative estimate of drug-likeness (QED) is 0.762. The molecule has 1 aromatic carbocycles. The summed E-state index contributed by atoms with van der Waals surface area (Å²) in [6, 6.07) is 6.83. The molecule has 0 atom stereocenters. The van der Waals surface area contributed by atoms with Crippen LogP contribution in [0.25, 0.3) is 0 Å². The van der Waals surface area contributed by atoms with Gasteiger partial charge < -0.3 is 5.11 Å². The maximum atomic E-state index is 10.0. The van der Waals surface area contributed by atoms with E-state index in [9.17, 15) is 5.11 Å². The summed E-state index contributed by atoms with van der Waals surface area (Å²) in [5.74, 6) is 0.906. The molecule has 118 valence electrons. The summed E-state index contributed by atoms with van der Waals surface area (Å²) in [6.45, 7) is 6.97. The van der Waals surface area contributed by atoms with Gasteiger partial charge in [-0.1, -0.05) is 55.5 Å². The molecule has 0 aliphatic heterocycles. The Morgan fingerprint density at radius 2 is 1.71 bits per heavy atom. The highest BCUT2D eigenvalue weighted by Crippen LogP contribution is 2.42. The van der Waals surface area contributed by atoms with E-state index in [1.807, 2.05) is 0 Å². The standard InChI is InChI=1S/C20H32O/c1-4-5-6-18-7-9-20(15-21,10-8-18)14-19-12-16(2)11-17(3)13-19/h11-13,18,21H,4-10,14-15H2,1-3H3. The van der Waals surface area contributed by atoms with Crippen LogP contribution >= 0.6 is 0 Å². The van der Waals surface area contributed by atoms with E-state index in [2.05, 4.69) is 39.0 Å². The average molecular weight is 288 g/mol. The minimum absolute atomic E-state index is 0.142. The topological polar surface area (TPSA) is 20.2 Å². The summed E-state index contributed by atoms with van der Waals surface area (Å²) >= 11 is 0. The van der Waals surface area contributed by atoms with E-state index >= 15 is 0 Å². The third-order valence-corrected chi connectivity index (χ3v) is 5.33. The molecule has 1 aliphatic rings. The lowest BCUT2D eigenvalue weighted by atomic mass is 9.67. The van der Waals surface area contributed by atoms with Gasteiger partial charge in [-0.3, -0.25) is 0 Å². The second-order valence-electron chi connectivity index (χ2n) is 7.42. The number of aryl methyl sites for hydroxylation is 2. The molecule has 1 saturated carbocycles. The third-order valence-electron chi connectivity index (χ3n) is 5.33. The first-order valence-electron chi connectivity index (χ1n) is 8.75. The van der Waals surface area contributed by atoms with Gasteiger partial charge in [0.2, 0.25) is 0 Å². The van der Waals surface area contributed by atoms with E-state index in [1.54, 1.807) is 0 Å². The molecule has 0 heterocycles. The fourth-order valence-corrected chi connectivity index (χ4v) is 4.07. The van der Waals surface area contributed by atoms with Crippen molar-refractivity contribution in [1.29, 1.82) is 0 Å². The molecule has 0 aromatic heterocycles. The zero-order valence-corrected chi connectivity index (χ0v) is 14.1. The molecule has 0 spiro atoms. The number of benzene rings is 1. The van der Waals surface area contributed by atoms with Crippen LogP contribution in [-0.4, -0.2) is 11.7 Å². The molecule has 0 radical (unpaired) electrons. The van der Waals surface area contributed by atoms with Gasteiger partial charge in [0.25, 0.3) is 0 Å². The van der Waals surface area contributed by atoms with Crippen molar-refractivity contribution in [3.63, 3.8) is 0 Å². The SMILES string of the molecule is CCCCC1CCC(CO)(Cc2cc(C)cc(C)c2)CC1. The fourth-order valence-electron chi connectivity index (χ4n) is 4.07. The van der Waals surface area contributed by atoms with Gasteiger partial charge in [0.15, 0.2) is 0 Å². The van der Waals surface area contributed by atoms with Crippen LogP contribution in [0.4, 0.5) is 0 Å². The van der Waals surface area contributed by atoms with Crippen molar-refractivity contribution in [2.75, 3.05) is 6.61 Å². The van der Waals surface area contributed by atoms with E-state index in [4.69, 9.17) is 0 Å². The van der Waals surface area contributed by atoms with Crippen LogP contribution in [0, 0.1) is 25.2 Å². The van der Waals surface area contributed by atoms with Crippen LogP contribution in [0.1, 0.15) is 68.6 Å². The van der Waals surface area contributed by atoms with Crippen LogP contribution in [-0.2, 0) is 6.42 Å². The van der Waals surface area contributed by atoms with E-state index in [1.165, 1.54) is 61.6 Å². The highest BCUT2D eigenvalue weighted by molar-refractivity contribution is 5.29. The Hall–Kier alpha value is -0.820. The molecule has 0 amide bonds. The predicted octanol–water partition coefficient (Wildman–Crippen LogP) is 5.21. The van der Waals surface area contributed by atoms with Gasteiger partial charge in [-0.15, -0.1) is 0 Å². The minimum atomic E-state index is 0.142. The molecular formula is C20H32O. The second kappa shape index (κ2) is 7.45. The highest BCUT2D eigenvalue weighted by Gasteiger charge is 2.34. The first-order chi connectivity index (χ1) is 10.1. The van der Waals surface area contributed by atoms with Crippen LogP contribution in [0.15, 0.2) is 18.2 Å². The van der Waals surface area contributed by atoms with Crippen LogP contribution in [0.3, 0.4) is 0 Å². The Morgan fingerprint density at radius 3 is 2.24 bits per heavy atom. The highest BCUT2D eigenvalue weighted by atomic mass is 16.3. The minimum Gasteiger partial charge on any atom is -0.396 e. The first kappa shape index (κ1) is 16.5. The van der Waals surface area contributed by atoms with Gasteiger partial charge in [0.1, 0.15) is 0 Å². The molecule has 0 bridgehead atoms. The molecule has 1 N–H and O–H groups in total. The Kier molecular flexibility index (Phi) is 5.87. The maximum absolute atomic E-state index is 10.0. The summed E-state index contributed by atoms with van der Waals surface area (Å²) in [4.78, 5) is 0. The van der Waals surface area contributed by atoms with Gasteiger partial charge in [-0.25, -0.2) is 0 Å². The normalized spacial score (nSPS) is 26.0. The number of rotatable bonds is 6. The van der Waals surface area contributed by atoms with Crippen molar-refractivity contribution in [2.24, 2.45) is 11.3 Å². The number of hydrogen-bond donors (Lipinski definition) is 1. The summed E-state index contributed by atoms with van der Waals surface area (Å²) in [7, 11) is 0. The molecule has 1 aliphatic carbocycles. The van der Waals surface area contributed by atoms with Crippen molar-refractivity contribution in [1.82, 2.24) is 0 Å².